The molecule has 5 aromatic carbocycles. The molecule has 6 rings (SSSR count). The monoisotopic (exact) mass is 581 g/mol. The van der Waals surface area contributed by atoms with E-state index in [9.17, 15) is 19.2 Å². The molecule has 0 saturated heterocycles. The molecule has 0 unspecified atom stereocenters. The minimum atomic E-state index is -0.441. The van der Waals surface area contributed by atoms with Gasteiger partial charge in [0.25, 0.3) is 11.8 Å². The number of H-pyrrole nitrogens is 1. The highest BCUT2D eigenvalue weighted by atomic mass is 32.1. The number of aromatic nitrogens is 1. The Hall–Kier alpha value is -5.73. The van der Waals surface area contributed by atoms with Crippen LogP contribution >= 0.6 is 11.3 Å². The molecule has 1 aromatic heterocycles. The highest BCUT2D eigenvalue weighted by molar-refractivity contribution is 7.16. The van der Waals surface area contributed by atoms with E-state index in [1.807, 2.05) is 24.3 Å². The van der Waals surface area contributed by atoms with Gasteiger partial charge in [-0.2, -0.15) is 4.99 Å². The quantitative estimate of drug-likeness (QED) is 0.205. The van der Waals surface area contributed by atoms with Crippen LogP contribution in [0.4, 0.5) is 5.69 Å². The van der Waals surface area contributed by atoms with Crippen LogP contribution in [0.5, 0.6) is 0 Å². The van der Waals surface area contributed by atoms with Gasteiger partial charge in [0.1, 0.15) is 0 Å². The maximum absolute atomic E-state index is 12.9. The van der Waals surface area contributed by atoms with Gasteiger partial charge in [-0.3, -0.25) is 19.2 Å². The molecule has 0 fully saturated rings. The van der Waals surface area contributed by atoms with E-state index in [-0.39, 0.29) is 17.5 Å². The van der Waals surface area contributed by atoms with Gasteiger partial charge in [0.15, 0.2) is 16.4 Å². The average molecular weight is 582 g/mol. The van der Waals surface area contributed by atoms with Crippen LogP contribution in [-0.2, 0) is 0 Å². The van der Waals surface area contributed by atoms with Crippen molar-refractivity contribution < 1.29 is 19.2 Å². The summed E-state index contributed by atoms with van der Waals surface area (Å²) in [6.07, 6.45) is 0. The first-order valence-electron chi connectivity index (χ1n) is 13.4. The topological polar surface area (TPSA) is 108 Å². The molecule has 0 aliphatic rings. The predicted molar refractivity (Wildman–Crippen MR) is 167 cm³/mol. The molecule has 8 heteroatoms. The Labute approximate surface area is 250 Å². The number of rotatable bonds is 7. The number of nitrogens with one attached hydrogen (secondary N) is 2. The van der Waals surface area contributed by atoms with Gasteiger partial charge in [-0.25, -0.2) is 0 Å². The predicted octanol–water partition coefficient (Wildman–Crippen LogP) is 6.68. The van der Waals surface area contributed by atoms with Crippen LogP contribution in [0.1, 0.15) is 52.6 Å². The first kappa shape index (κ1) is 27.4. The van der Waals surface area contributed by atoms with E-state index in [1.54, 1.807) is 103 Å². The molecule has 208 valence electrons. The normalized spacial score (nSPS) is 11.3. The van der Waals surface area contributed by atoms with E-state index in [2.05, 4.69) is 15.3 Å². The van der Waals surface area contributed by atoms with Gasteiger partial charge < -0.3 is 10.3 Å². The van der Waals surface area contributed by atoms with Crippen molar-refractivity contribution in [2.45, 2.75) is 0 Å². The Balaban J connectivity index is 1.14. The summed E-state index contributed by atoms with van der Waals surface area (Å²) in [5.41, 5.74) is 4.27. The summed E-state index contributed by atoms with van der Waals surface area (Å²) in [7, 11) is 0. The number of aromatic amines is 1. The third-order valence-electron chi connectivity index (χ3n) is 6.77. The van der Waals surface area contributed by atoms with Crippen molar-refractivity contribution in [2.24, 2.45) is 4.99 Å². The van der Waals surface area contributed by atoms with Crippen LogP contribution in [0.2, 0.25) is 0 Å². The van der Waals surface area contributed by atoms with Crippen molar-refractivity contribution in [3.8, 4) is 0 Å². The minimum absolute atomic E-state index is 0.109. The second kappa shape index (κ2) is 12.0. The van der Waals surface area contributed by atoms with Crippen LogP contribution < -0.4 is 10.1 Å². The number of benzene rings is 5. The smallest absolute Gasteiger partial charge is 0.279 e. The Kier molecular flexibility index (Phi) is 7.67. The standard InChI is InChI=1S/C35H23N3O4S/c39-31(22-7-3-1-4-8-22)24-11-15-26(16-12-24)33(41)36-28-19-20-29-30(21-28)43-35(37-29)38-34(42)27-17-13-25(14-18-27)32(40)23-9-5-2-6-10-23/h1-21H,(H,36,41)(H,37,38,42). The van der Waals surface area contributed by atoms with Crippen molar-refractivity contribution in [2.75, 3.05) is 5.32 Å². The number of thiazole rings is 1. The summed E-state index contributed by atoms with van der Waals surface area (Å²) in [6, 6.07) is 36.2. The molecule has 7 nitrogen and oxygen atoms in total. The lowest BCUT2D eigenvalue weighted by molar-refractivity contribution is 0.0993. The fourth-order valence-corrected chi connectivity index (χ4v) is 5.41. The van der Waals surface area contributed by atoms with Crippen LogP contribution in [-0.4, -0.2) is 28.4 Å². The van der Waals surface area contributed by atoms with Gasteiger partial charge in [0.2, 0.25) is 0 Å². The maximum Gasteiger partial charge on any atom is 0.279 e. The summed E-state index contributed by atoms with van der Waals surface area (Å²) < 4.78 is 0.803. The Morgan fingerprint density at radius 2 is 1.05 bits per heavy atom. The zero-order valence-corrected chi connectivity index (χ0v) is 23.4. The fourth-order valence-electron chi connectivity index (χ4n) is 4.49. The Morgan fingerprint density at radius 1 is 0.558 bits per heavy atom. The van der Waals surface area contributed by atoms with E-state index in [4.69, 9.17) is 0 Å². The Morgan fingerprint density at radius 3 is 1.60 bits per heavy atom. The van der Waals surface area contributed by atoms with Crippen molar-refractivity contribution in [3.63, 3.8) is 0 Å². The first-order chi connectivity index (χ1) is 20.9. The SMILES string of the molecule is O=C(N=c1[nH]c2ccc(NC(=O)c3ccc(C(=O)c4ccccc4)cc3)cc2s1)c1ccc(C(=O)c2ccccc2)cc1. The van der Waals surface area contributed by atoms with E-state index in [1.165, 1.54) is 11.3 Å². The third-order valence-corrected chi connectivity index (χ3v) is 7.71. The number of anilines is 1. The van der Waals surface area contributed by atoms with E-state index in [0.29, 0.717) is 43.9 Å². The highest BCUT2D eigenvalue weighted by Gasteiger charge is 2.13. The molecule has 0 bridgehead atoms. The summed E-state index contributed by atoms with van der Waals surface area (Å²) in [5.74, 6) is -0.980. The first-order valence-corrected chi connectivity index (χ1v) is 14.2. The fraction of sp³-hybridized carbons (Fsp3) is 0. The molecule has 2 N–H and O–H groups in total. The molecular weight excluding hydrogens is 558 g/mol. The molecule has 6 aromatic rings. The molecule has 0 spiro atoms. The van der Waals surface area contributed by atoms with Crippen molar-refractivity contribution >= 4 is 50.6 Å². The number of carbonyl (C=O) groups is 4. The molecule has 2 amide bonds. The molecule has 0 aliphatic carbocycles. The second-order valence-electron chi connectivity index (χ2n) is 9.66. The summed E-state index contributed by atoms with van der Waals surface area (Å²) in [5, 5.41) is 2.88. The number of nitrogens with zero attached hydrogens (tertiary/aromatic N) is 1. The molecule has 0 aliphatic heterocycles. The summed E-state index contributed by atoms with van der Waals surface area (Å²) in [4.78, 5) is 58.7. The molecule has 0 radical (unpaired) electrons. The number of fused-ring (bicyclic) bond motifs is 1. The summed E-state index contributed by atoms with van der Waals surface area (Å²) in [6.45, 7) is 0. The molecule has 0 atom stereocenters. The number of ketones is 2. The highest BCUT2D eigenvalue weighted by Crippen LogP contribution is 2.21. The van der Waals surface area contributed by atoms with E-state index < -0.39 is 5.91 Å². The van der Waals surface area contributed by atoms with Gasteiger partial charge in [0, 0.05) is 39.1 Å². The zero-order chi connectivity index (χ0) is 29.8. The summed E-state index contributed by atoms with van der Waals surface area (Å²) >= 11 is 1.28. The van der Waals surface area contributed by atoms with Crippen molar-refractivity contribution in [3.05, 3.63) is 166 Å². The number of hydrogen-bond donors (Lipinski definition) is 2. The van der Waals surface area contributed by atoms with E-state index in [0.717, 1.165) is 10.2 Å². The lowest BCUT2D eigenvalue weighted by atomic mass is 10.0. The molecule has 0 saturated carbocycles. The van der Waals surface area contributed by atoms with Crippen LogP contribution in [0.3, 0.4) is 0 Å². The average Bonchev–Trinajstić information content (AvgIpc) is 3.46. The van der Waals surface area contributed by atoms with Gasteiger partial charge in [-0.05, 0) is 42.5 Å². The molecular formula is C35H23N3O4S. The largest absolute Gasteiger partial charge is 0.330 e. The van der Waals surface area contributed by atoms with Crippen LogP contribution in [0.25, 0.3) is 10.2 Å². The second-order valence-corrected chi connectivity index (χ2v) is 10.7. The minimum Gasteiger partial charge on any atom is -0.330 e. The number of amides is 2. The van der Waals surface area contributed by atoms with Crippen LogP contribution in [0.15, 0.2) is 132 Å². The number of hydrogen-bond acceptors (Lipinski definition) is 5. The van der Waals surface area contributed by atoms with Gasteiger partial charge in [0.05, 0.1) is 10.2 Å². The lowest BCUT2D eigenvalue weighted by Crippen LogP contribution is -2.12. The number of carbonyl (C=O) groups excluding carboxylic acids is 4. The molecule has 43 heavy (non-hydrogen) atoms. The van der Waals surface area contributed by atoms with Crippen molar-refractivity contribution in [1.29, 1.82) is 0 Å². The van der Waals surface area contributed by atoms with Gasteiger partial charge >= 0.3 is 0 Å². The van der Waals surface area contributed by atoms with Crippen molar-refractivity contribution in [1.82, 2.24) is 4.98 Å². The van der Waals surface area contributed by atoms with Gasteiger partial charge in [-0.15, -0.1) is 0 Å². The molecule has 1 heterocycles. The third kappa shape index (κ3) is 6.14. The zero-order valence-electron chi connectivity index (χ0n) is 22.6. The Bertz CT molecular complexity index is 2040. The van der Waals surface area contributed by atoms with Gasteiger partial charge in [-0.1, -0.05) is 96.3 Å². The van der Waals surface area contributed by atoms with Crippen LogP contribution in [0, 0.1) is 0 Å². The lowest BCUT2D eigenvalue weighted by Gasteiger charge is -2.06. The maximum atomic E-state index is 12.9. The van der Waals surface area contributed by atoms with E-state index >= 15 is 0 Å².